The van der Waals surface area contributed by atoms with E-state index in [0.29, 0.717) is 49.1 Å². The summed E-state index contributed by atoms with van der Waals surface area (Å²) >= 11 is 0. The van der Waals surface area contributed by atoms with Crippen LogP contribution in [0.15, 0.2) is 77.8 Å². The summed E-state index contributed by atoms with van der Waals surface area (Å²) in [5.41, 5.74) is 7.29. The van der Waals surface area contributed by atoms with E-state index in [1.807, 2.05) is 66.7 Å². The fraction of sp³-hybridized carbons (Fsp3) is 0.310. The number of ether oxygens (including phenoxy) is 4. The number of amides is 1. The topological polar surface area (TPSA) is 111 Å². The quantitative estimate of drug-likeness (QED) is 0.235. The summed E-state index contributed by atoms with van der Waals surface area (Å²) in [6.45, 7) is 0.975. The van der Waals surface area contributed by atoms with Crippen LogP contribution in [0.3, 0.4) is 0 Å². The van der Waals surface area contributed by atoms with Crippen molar-refractivity contribution in [1.29, 1.82) is 0 Å². The second-order valence-corrected chi connectivity index (χ2v) is 8.88. The molecule has 4 rings (SSSR count). The second kappa shape index (κ2) is 12.9. The Morgan fingerprint density at radius 3 is 2.34 bits per heavy atom. The molecule has 9 nitrogen and oxygen atoms in total. The Balaban J connectivity index is 1.49. The predicted octanol–water partition coefficient (Wildman–Crippen LogP) is 3.04. The Bertz CT molecular complexity index is 1210. The zero-order valence-corrected chi connectivity index (χ0v) is 21.6. The van der Waals surface area contributed by atoms with E-state index in [0.717, 1.165) is 16.7 Å². The van der Waals surface area contributed by atoms with Gasteiger partial charge < -0.3 is 24.1 Å². The molecule has 0 spiro atoms. The smallest absolute Gasteiger partial charge is 0.266 e. The Kier molecular flexibility index (Phi) is 9.18. The molecule has 0 saturated heterocycles. The Labute approximate surface area is 222 Å². The fourth-order valence-electron chi connectivity index (χ4n) is 4.07. The number of hydrogen-bond donors (Lipinski definition) is 3. The number of aliphatic hydroxyl groups excluding tert-OH is 1. The zero-order valence-electron chi connectivity index (χ0n) is 21.6. The first-order chi connectivity index (χ1) is 18.5. The van der Waals surface area contributed by atoms with Gasteiger partial charge in [-0.1, -0.05) is 30.3 Å². The maximum atomic E-state index is 13.5. The average Bonchev–Trinajstić information content (AvgIpc) is 3.39. The third kappa shape index (κ3) is 6.81. The fourth-order valence-corrected chi connectivity index (χ4v) is 4.07. The predicted molar refractivity (Wildman–Crippen MR) is 144 cm³/mol. The molecule has 9 heteroatoms. The van der Waals surface area contributed by atoms with Crippen molar-refractivity contribution < 1.29 is 28.8 Å². The number of methoxy groups -OCH3 is 2. The number of carbonyl (C=O) groups is 1. The summed E-state index contributed by atoms with van der Waals surface area (Å²) in [5.74, 6) is 2.12. The van der Waals surface area contributed by atoms with Crippen molar-refractivity contribution in [3.05, 3.63) is 89.5 Å². The molecule has 0 saturated carbocycles. The molecule has 0 bridgehead atoms. The Morgan fingerprint density at radius 1 is 0.974 bits per heavy atom. The maximum Gasteiger partial charge on any atom is 0.266 e. The van der Waals surface area contributed by atoms with E-state index < -0.39 is 5.54 Å². The summed E-state index contributed by atoms with van der Waals surface area (Å²) in [6.07, 6.45) is 0.939. The molecule has 1 atom stereocenters. The van der Waals surface area contributed by atoms with Crippen LogP contribution in [-0.2, 0) is 22.5 Å². The molecule has 0 aliphatic carbocycles. The number of aliphatic imine (C=N–C) groups is 1. The van der Waals surface area contributed by atoms with Crippen molar-refractivity contribution in [2.45, 2.75) is 24.9 Å². The number of benzene rings is 3. The van der Waals surface area contributed by atoms with Crippen molar-refractivity contribution in [3.8, 4) is 17.2 Å². The summed E-state index contributed by atoms with van der Waals surface area (Å²) in [7, 11) is 3.18. The van der Waals surface area contributed by atoms with Crippen molar-refractivity contribution in [3.63, 3.8) is 0 Å². The number of hydrogen-bond acceptors (Lipinski definition) is 8. The minimum Gasteiger partial charge on any atom is -0.497 e. The number of nitrogens with zero attached hydrogens (tertiary/aromatic N) is 1. The third-order valence-corrected chi connectivity index (χ3v) is 6.10. The lowest BCUT2D eigenvalue weighted by Gasteiger charge is -2.23. The van der Waals surface area contributed by atoms with E-state index in [9.17, 15) is 4.79 Å². The first-order valence-corrected chi connectivity index (χ1v) is 12.4. The van der Waals surface area contributed by atoms with Gasteiger partial charge in [-0.25, -0.2) is 10.4 Å². The molecule has 3 N–H and O–H groups in total. The van der Waals surface area contributed by atoms with Gasteiger partial charge in [-0.15, -0.1) is 0 Å². The SMILES string of the molecule is COc1cc(CNNC(=O)[C@]2(Cc3ccccc3)COC(c3ccc(OCCCO)cc3)=N2)cc(OC)c1. The van der Waals surface area contributed by atoms with Crippen molar-refractivity contribution in [2.75, 3.05) is 34.0 Å². The Morgan fingerprint density at radius 2 is 1.68 bits per heavy atom. The molecule has 0 unspecified atom stereocenters. The summed E-state index contributed by atoms with van der Waals surface area (Å²) in [6, 6.07) is 22.6. The van der Waals surface area contributed by atoms with Gasteiger partial charge in [0, 0.05) is 37.6 Å². The van der Waals surface area contributed by atoms with Crippen LogP contribution in [0.2, 0.25) is 0 Å². The molecule has 3 aromatic carbocycles. The van der Waals surface area contributed by atoms with Gasteiger partial charge in [0.15, 0.2) is 5.54 Å². The first kappa shape index (κ1) is 27.0. The minimum atomic E-state index is -1.15. The molecule has 0 fully saturated rings. The summed E-state index contributed by atoms with van der Waals surface area (Å²) in [5, 5.41) is 8.93. The summed E-state index contributed by atoms with van der Waals surface area (Å²) in [4.78, 5) is 18.3. The molecule has 1 aliphatic rings. The molecule has 38 heavy (non-hydrogen) atoms. The second-order valence-electron chi connectivity index (χ2n) is 8.88. The molecule has 0 radical (unpaired) electrons. The van der Waals surface area contributed by atoms with E-state index in [1.54, 1.807) is 20.3 Å². The third-order valence-electron chi connectivity index (χ3n) is 6.10. The summed E-state index contributed by atoms with van der Waals surface area (Å²) < 4.78 is 22.2. The maximum absolute atomic E-state index is 13.5. The number of carbonyl (C=O) groups excluding carboxylic acids is 1. The van der Waals surface area contributed by atoms with Crippen molar-refractivity contribution in [2.24, 2.45) is 4.99 Å². The molecular weight excluding hydrogens is 486 g/mol. The molecule has 1 heterocycles. The number of hydrazine groups is 1. The van der Waals surface area contributed by atoms with Crippen LogP contribution in [0.4, 0.5) is 0 Å². The normalized spacial score (nSPS) is 16.3. The van der Waals surface area contributed by atoms with Crippen LogP contribution in [0.5, 0.6) is 17.2 Å². The van der Waals surface area contributed by atoms with E-state index in [1.165, 1.54) is 0 Å². The molecule has 0 aromatic heterocycles. The van der Waals surface area contributed by atoms with Gasteiger partial charge >= 0.3 is 0 Å². The lowest BCUT2D eigenvalue weighted by atomic mass is 9.91. The highest BCUT2D eigenvalue weighted by molar-refractivity contribution is 6.00. The highest BCUT2D eigenvalue weighted by Gasteiger charge is 2.44. The van der Waals surface area contributed by atoms with Gasteiger partial charge in [0.2, 0.25) is 5.90 Å². The molecule has 3 aromatic rings. The minimum absolute atomic E-state index is 0.0802. The highest BCUT2D eigenvalue weighted by Crippen LogP contribution is 2.28. The van der Waals surface area contributed by atoms with Crippen LogP contribution in [0, 0.1) is 0 Å². The molecular formula is C29H33N3O6. The zero-order chi connectivity index (χ0) is 26.8. The number of nitrogens with one attached hydrogen (secondary N) is 2. The molecule has 200 valence electrons. The van der Waals surface area contributed by atoms with Gasteiger partial charge in [0.25, 0.3) is 5.91 Å². The lowest BCUT2D eigenvalue weighted by Crippen LogP contribution is -2.52. The molecule has 1 aliphatic heterocycles. The van der Waals surface area contributed by atoms with Gasteiger partial charge in [0.1, 0.15) is 23.9 Å². The van der Waals surface area contributed by atoms with Gasteiger partial charge in [-0.3, -0.25) is 10.2 Å². The number of rotatable bonds is 13. The first-order valence-electron chi connectivity index (χ1n) is 12.4. The Hall–Kier alpha value is -4.08. The van der Waals surface area contributed by atoms with Crippen molar-refractivity contribution in [1.82, 2.24) is 10.9 Å². The van der Waals surface area contributed by atoms with Crippen LogP contribution in [0.25, 0.3) is 0 Å². The van der Waals surface area contributed by atoms with E-state index in [-0.39, 0.29) is 19.1 Å². The van der Waals surface area contributed by atoms with Crippen LogP contribution >= 0.6 is 0 Å². The van der Waals surface area contributed by atoms with Crippen LogP contribution in [0.1, 0.15) is 23.1 Å². The van der Waals surface area contributed by atoms with Crippen molar-refractivity contribution >= 4 is 11.8 Å². The monoisotopic (exact) mass is 519 g/mol. The highest BCUT2D eigenvalue weighted by atomic mass is 16.5. The average molecular weight is 520 g/mol. The molecule has 1 amide bonds. The largest absolute Gasteiger partial charge is 0.497 e. The van der Waals surface area contributed by atoms with E-state index >= 15 is 0 Å². The van der Waals surface area contributed by atoms with Gasteiger partial charge in [-0.2, -0.15) is 0 Å². The van der Waals surface area contributed by atoms with E-state index in [2.05, 4.69) is 10.9 Å². The van der Waals surface area contributed by atoms with Crippen LogP contribution in [-0.4, -0.2) is 56.5 Å². The lowest BCUT2D eigenvalue weighted by molar-refractivity contribution is -0.127. The van der Waals surface area contributed by atoms with Crippen LogP contribution < -0.4 is 25.1 Å². The standard InChI is InChI=1S/C29H33N3O6/c1-35-25-15-22(16-26(17-25)36-2)19-30-32-28(34)29(18-21-7-4-3-5-8-21)20-38-27(31-29)23-9-11-24(12-10-23)37-14-6-13-33/h3-5,7-12,15-17,30,33H,6,13-14,18-20H2,1-2H3,(H,32,34)/t29-/m0/s1. The van der Waals surface area contributed by atoms with Gasteiger partial charge in [0.05, 0.1) is 20.8 Å². The van der Waals surface area contributed by atoms with E-state index in [4.69, 9.17) is 29.0 Å². The van der Waals surface area contributed by atoms with Gasteiger partial charge in [-0.05, 0) is 47.5 Å². The number of aliphatic hydroxyl groups is 1.